The fourth-order valence-electron chi connectivity index (χ4n) is 2.17. The van der Waals surface area contributed by atoms with E-state index in [0.717, 1.165) is 23.8 Å². The van der Waals surface area contributed by atoms with Crippen molar-refractivity contribution in [1.82, 2.24) is 0 Å². The van der Waals surface area contributed by atoms with Gasteiger partial charge in [-0.2, -0.15) is 0 Å². The summed E-state index contributed by atoms with van der Waals surface area (Å²) in [6.45, 7) is 1.02. The van der Waals surface area contributed by atoms with E-state index in [4.69, 9.17) is 4.74 Å². The molecule has 10 heavy (non-hydrogen) atoms. The van der Waals surface area contributed by atoms with Crippen molar-refractivity contribution in [3.05, 3.63) is 0 Å². The van der Waals surface area contributed by atoms with Gasteiger partial charge in [0.2, 0.25) is 0 Å². The number of halogens is 1. The predicted molar refractivity (Wildman–Crippen MR) is 44.4 cm³/mol. The zero-order chi connectivity index (χ0) is 6.97. The van der Waals surface area contributed by atoms with Gasteiger partial charge in [0.15, 0.2) is 0 Å². The third-order valence-corrected chi connectivity index (χ3v) is 3.44. The molecule has 2 heteroatoms. The standard InChI is InChI=1S/C8H13BrO/c9-4-8-7-2-1-6(3-7)5-10-8/h6-8H,1-5H2/t6-,7+,8+/m1/s1. The first-order valence-electron chi connectivity index (χ1n) is 4.07. The fourth-order valence-corrected chi connectivity index (χ4v) is 2.88. The number of rotatable bonds is 1. The molecule has 0 N–H and O–H groups in total. The Kier molecular flexibility index (Phi) is 2.01. The second-order valence-corrected chi connectivity index (χ2v) is 4.11. The molecule has 3 atom stereocenters. The quantitative estimate of drug-likeness (QED) is 0.596. The van der Waals surface area contributed by atoms with E-state index in [1.54, 1.807) is 0 Å². The molecule has 1 saturated carbocycles. The topological polar surface area (TPSA) is 9.23 Å². The van der Waals surface area contributed by atoms with Gasteiger partial charge in [0.05, 0.1) is 6.10 Å². The second-order valence-electron chi connectivity index (χ2n) is 3.47. The molecular weight excluding hydrogens is 192 g/mol. The Hall–Kier alpha value is 0.440. The highest BCUT2D eigenvalue weighted by atomic mass is 79.9. The molecular formula is C8H13BrO. The van der Waals surface area contributed by atoms with E-state index < -0.39 is 0 Å². The van der Waals surface area contributed by atoms with Crippen LogP contribution < -0.4 is 0 Å². The van der Waals surface area contributed by atoms with E-state index in [0.29, 0.717) is 6.10 Å². The monoisotopic (exact) mass is 204 g/mol. The Balaban J connectivity index is 2.00. The van der Waals surface area contributed by atoms with E-state index in [-0.39, 0.29) is 0 Å². The summed E-state index contributed by atoms with van der Waals surface area (Å²) in [7, 11) is 0. The summed E-state index contributed by atoms with van der Waals surface area (Å²) >= 11 is 3.49. The van der Waals surface area contributed by atoms with Gasteiger partial charge in [-0.1, -0.05) is 15.9 Å². The molecule has 1 saturated heterocycles. The van der Waals surface area contributed by atoms with E-state index in [1.807, 2.05) is 0 Å². The Morgan fingerprint density at radius 2 is 2.30 bits per heavy atom. The highest BCUT2D eigenvalue weighted by Crippen LogP contribution is 2.39. The van der Waals surface area contributed by atoms with E-state index >= 15 is 0 Å². The van der Waals surface area contributed by atoms with Crippen molar-refractivity contribution in [2.24, 2.45) is 11.8 Å². The van der Waals surface area contributed by atoms with Crippen LogP contribution in [-0.4, -0.2) is 18.0 Å². The molecule has 0 radical (unpaired) electrons. The largest absolute Gasteiger partial charge is 0.377 e. The first-order chi connectivity index (χ1) is 4.90. The van der Waals surface area contributed by atoms with Gasteiger partial charge in [-0.3, -0.25) is 0 Å². The van der Waals surface area contributed by atoms with Crippen LogP contribution in [0.5, 0.6) is 0 Å². The number of alkyl halides is 1. The summed E-state index contributed by atoms with van der Waals surface area (Å²) in [5.74, 6) is 1.78. The van der Waals surface area contributed by atoms with E-state index in [9.17, 15) is 0 Å². The molecule has 1 aliphatic carbocycles. The van der Waals surface area contributed by atoms with Gasteiger partial charge in [0, 0.05) is 11.9 Å². The summed E-state index contributed by atoms with van der Waals surface area (Å²) < 4.78 is 5.67. The summed E-state index contributed by atoms with van der Waals surface area (Å²) in [6.07, 6.45) is 4.77. The Morgan fingerprint density at radius 3 is 3.10 bits per heavy atom. The zero-order valence-electron chi connectivity index (χ0n) is 6.05. The highest BCUT2D eigenvalue weighted by molar-refractivity contribution is 9.09. The van der Waals surface area contributed by atoms with Gasteiger partial charge in [0.1, 0.15) is 0 Å². The van der Waals surface area contributed by atoms with Crippen molar-refractivity contribution in [3.63, 3.8) is 0 Å². The summed E-state index contributed by atoms with van der Waals surface area (Å²) in [5, 5.41) is 1.03. The minimum atomic E-state index is 0.527. The van der Waals surface area contributed by atoms with Crippen molar-refractivity contribution < 1.29 is 4.74 Å². The SMILES string of the molecule is BrC[C@@H]1OC[C@@H]2CC[C@H]1C2. The third kappa shape index (κ3) is 1.12. The minimum Gasteiger partial charge on any atom is -0.377 e. The lowest BCUT2D eigenvalue weighted by molar-refractivity contribution is -0.0139. The fraction of sp³-hybridized carbons (Fsp3) is 1.00. The van der Waals surface area contributed by atoms with Gasteiger partial charge in [-0.15, -0.1) is 0 Å². The van der Waals surface area contributed by atoms with Crippen molar-refractivity contribution >= 4 is 15.9 Å². The van der Waals surface area contributed by atoms with Crippen molar-refractivity contribution in [3.8, 4) is 0 Å². The first-order valence-corrected chi connectivity index (χ1v) is 5.20. The lowest BCUT2D eigenvalue weighted by Gasteiger charge is -2.27. The average molecular weight is 205 g/mol. The Morgan fingerprint density at radius 1 is 1.40 bits per heavy atom. The molecule has 0 aromatic heterocycles. The summed E-state index contributed by atoms with van der Waals surface area (Å²) in [6, 6.07) is 0. The molecule has 2 aliphatic rings. The molecule has 0 aromatic carbocycles. The zero-order valence-corrected chi connectivity index (χ0v) is 7.64. The third-order valence-electron chi connectivity index (χ3n) is 2.81. The minimum absolute atomic E-state index is 0.527. The van der Waals surface area contributed by atoms with Crippen LogP contribution in [0.3, 0.4) is 0 Å². The molecule has 0 amide bonds. The molecule has 1 nitrogen and oxygen atoms in total. The van der Waals surface area contributed by atoms with E-state index in [1.165, 1.54) is 19.3 Å². The van der Waals surface area contributed by atoms with Crippen LogP contribution in [0.25, 0.3) is 0 Å². The molecule has 0 aromatic rings. The van der Waals surface area contributed by atoms with Gasteiger partial charge < -0.3 is 4.74 Å². The summed E-state index contributed by atoms with van der Waals surface area (Å²) in [5.41, 5.74) is 0. The van der Waals surface area contributed by atoms with E-state index in [2.05, 4.69) is 15.9 Å². The van der Waals surface area contributed by atoms with Crippen LogP contribution >= 0.6 is 15.9 Å². The van der Waals surface area contributed by atoms with Crippen molar-refractivity contribution in [2.45, 2.75) is 25.4 Å². The molecule has 2 rings (SSSR count). The molecule has 0 unspecified atom stereocenters. The smallest absolute Gasteiger partial charge is 0.0700 e. The molecule has 58 valence electrons. The van der Waals surface area contributed by atoms with Crippen LogP contribution in [0.4, 0.5) is 0 Å². The van der Waals surface area contributed by atoms with Gasteiger partial charge in [-0.25, -0.2) is 0 Å². The maximum Gasteiger partial charge on any atom is 0.0700 e. The van der Waals surface area contributed by atoms with Crippen molar-refractivity contribution in [1.29, 1.82) is 0 Å². The highest BCUT2D eigenvalue weighted by Gasteiger charge is 2.35. The number of hydrogen-bond acceptors (Lipinski definition) is 1. The molecule has 2 fully saturated rings. The molecule has 2 bridgehead atoms. The first kappa shape index (κ1) is 7.11. The van der Waals surface area contributed by atoms with Crippen LogP contribution in [0.2, 0.25) is 0 Å². The maximum atomic E-state index is 5.67. The average Bonchev–Trinajstić information content (AvgIpc) is 2.34. The number of fused-ring (bicyclic) bond motifs is 2. The lowest BCUT2D eigenvalue weighted by Crippen LogP contribution is -2.29. The normalized spacial score (nSPS) is 45.9. The number of ether oxygens (including phenoxy) is 1. The molecule has 0 spiro atoms. The Bertz CT molecular complexity index is 126. The van der Waals surface area contributed by atoms with Crippen molar-refractivity contribution in [2.75, 3.05) is 11.9 Å². The second kappa shape index (κ2) is 2.82. The van der Waals surface area contributed by atoms with Crippen LogP contribution in [0.1, 0.15) is 19.3 Å². The molecule has 1 heterocycles. The van der Waals surface area contributed by atoms with Crippen LogP contribution in [0, 0.1) is 11.8 Å². The van der Waals surface area contributed by atoms with Gasteiger partial charge >= 0.3 is 0 Å². The lowest BCUT2D eigenvalue weighted by atomic mass is 9.98. The van der Waals surface area contributed by atoms with Crippen LogP contribution in [-0.2, 0) is 4.74 Å². The van der Waals surface area contributed by atoms with Gasteiger partial charge in [0.25, 0.3) is 0 Å². The van der Waals surface area contributed by atoms with Crippen LogP contribution in [0.15, 0.2) is 0 Å². The Labute approximate surface area is 70.3 Å². The predicted octanol–water partition coefficient (Wildman–Crippen LogP) is 2.20. The van der Waals surface area contributed by atoms with Gasteiger partial charge in [-0.05, 0) is 31.1 Å². The summed E-state index contributed by atoms with van der Waals surface area (Å²) in [4.78, 5) is 0. The maximum absolute atomic E-state index is 5.67. The number of hydrogen-bond donors (Lipinski definition) is 0. The molecule has 1 aliphatic heterocycles.